The number of rotatable bonds is 3. The van der Waals surface area contributed by atoms with E-state index in [2.05, 4.69) is 39.5 Å². The lowest BCUT2D eigenvalue weighted by Gasteiger charge is -2.37. The Kier molecular flexibility index (Phi) is 4.40. The fourth-order valence-electron chi connectivity index (χ4n) is 4.11. The molecule has 1 saturated heterocycles. The molecule has 1 aromatic heterocycles. The molecule has 0 saturated carbocycles. The van der Waals surface area contributed by atoms with E-state index in [0.717, 1.165) is 38.8 Å². The zero-order chi connectivity index (χ0) is 17.2. The summed E-state index contributed by atoms with van der Waals surface area (Å²) in [5.74, 6) is -0.275. The van der Waals surface area contributed by atoms with Crippen LogP contribution in [0.3, 0.4) is 0 Å². The Balaban J connectivity index is 1.40. The van der Waals surface area contributed by atoms with E-state index in [-0.39, 0.29) is 23.1 Å². The molecular weight excluding hydrogens is 314 g/mol. The molecule has 1 aliphatic heterocycles. The largest absolute Gasteiger partial charge is 0.348 e. The summed E-state index contributed by atoms with van der Waals surface area (Å²) < 4.78 is 0. The van der Waals surface area contributed by atoms with E-state index in [1.165, 1.54) is 11.1 Å². The zero-order valence-corrected chi connectivity index (χ0v) is 14.2. The Hall–Kier alpha value is -2.40. The van der Waals surface area contributed by atoms with Crippen molar-refractivity contribution in [3.63, 3.8) is 0 Å². The monoisotopic (exact) mass is 337 g/mol. The fourth-order valence-corrected chi connectivity index (χ4v) is 4.11. The van der Waals surface area contributed by atoms with Gasteiger partial charge in [0.15, 0.2) is 0 Å². The van der Waals surface area contributed by atoms with Gasteiger partial charge in [-0.1, -0.05) is 24.3 Å². The average molecular weight is 337 g/mol. The standard InChI is InChI=1S/C20H23N3O2/c24-19-18(8-3-9-21-19)20(25)22-16-7-4-10-23(13-16)17-11-14-5-1-2-6-15(14)12-17/h1-3,5-6,8-9,16-17H,4,7,10-13H2,(H,21,24)(H,22,25)/t16-/m0/s1. The minimum Gasteiger partial charge on any atom is -0.348 e. The number of carbonyl (C=O) groups excluding carboxylic acids is 1. The number of fused-ring (bicyclic) bond motifs is 1. The summed E-state index contributed by atoms with van der Waals surface area (Å²) in [6, 6.07) is 12.5. The lowest BCUT2D eigenvalue weighted by Crippen LogP contribution is -2.51. The molecule has 1 atom stereocenters. The second kappa shape index (κ2) is 6.84. The van der Waals surface area contributed by atoms with Crippen LogP contribution in [0.25, 0.3) is 0 Å². The van der Waals surface area contributed by atoms with Crippen molar-refractivity contribution in [2.24, 2.45) is 0 Å². The number of hydrogen-bond acceptors (Lipinski definition) is 3. The van der Waals surface area contributed by atoms with Crippen molar-refractivity contribution in [3.8, 4) is 0 Å². The molecule has 1 amide bonds. The minimum absolute atomic E-state index is 0.101. The molecule has 1 fully saturated rings. The third-order valence-electron chi connectivity index (χ3n) is 5.40. The SMILES string of the molecule is O=C(N[C@H]1CCCN(C2Cc3ccccc3C2)C1)c1ccc[nH]c1=O. The first-order valence-corrected chi connectivity index (χ1v) is 9.00. The van der Waals surface area contributed by atoms with Gasteiger partial charge < -0.3 is 10.3 Å². The molecule has 1 aromatic carbocycles. The van der Waals surface area contributed by atoms with E-state index in [1.807, 2.05) is 0 Å². The van der Waals surface area contributed by atoms with Gasteiger partial charge in [0, 0.05) is 24.8 Å². The highest BCUT2D eigenvalue weighted by Crippen LogP contribution is 2.27. The van der Waals surface area contributed by atoms with Crippen molar-refractivity contribution in [2.45, 2.75) is 37.8 Å². The summed E-state index contributed by atoms with van der Waals surface area (Å²) in [6.45, 7) is 1.94. The van der Waals surface area contributed by atoms with Gasteiger partial charge in [-0.05, 0) is 55.5 Å². The van der Waals surface area contributed by atoms with Gasteiger partial charge in [-0.2, -0.15) is 0 Å². The molecule has 4 rings (SSSR count). The number of piperidine rings is 1. The first-order chi connectivity index (χ1) is 12.2. The van der Waals surface area contributed by atoms with Gasteiger partial charge in [-0.15, -0.1) is 0 Å². The highest BCUT2D eigenvalue weighted by atomic mass is 16.2. The molecule has 0 unspecified atom stereocenters. The van der Waals surface area contributed by atoms with E-state index in [9.17, 15) is 9.59 Å². The number of hydrogen-bond donors (Lipinski definition) is 2. The summed E-state index contributed by atoms with van der Waals surface area (Å²) >= 11 is 0. The van der Waals surface area contributed by atoms with Gasteiger partial charge in [0.1, 0.15) is 5.56 Å². The summed E-state index contributed by atoms with van der Waals surface area (Å²) in [6.07, 6.45) is 5.76. The minimum atomic E-state index is -0.334. The Bertz CT molecular complexity index is 804. The predicted molar refractivity (Wildman–Crippen MR) is 96.8 cm³/mol. The van der Waals surface area contributed by atoms with Crippen LogP contribution in [-0.2, 0) is 12.8 Å². The maximum Gasteiger partial charge on any atom is 0.260 e. The van der Waals surface area contributed by atoms with Crippen LogP contribution < -0.4 is 10.9 Å². The highest BCUT2D eigenvalue weighted by molar-refractivity contribution is 5.93. The number of likely N-dealkylation sites (tertiary alicyclic amines) is 1. The van der Waals surface area contributed by atoms with Crippen molar-refractivity contribution in [1.29, 1.82) is 0 Å². The highest BCUT2D eigenvalue weighted by Gasteiger charge is 2.31. The second-order valence-corrected chi connectivity index (χ2v) is 7.05. The molecule has 2 N–H and O–H groups in total. The van der Waals surface area contributed by atoms with Crippen molar-refractivity contribution in [1.82, 2.24) is 15.2 Å². The molecule has 0 radical (unpaired) electrons. The molecule has 0 spiro atoms. The van der Waals surface area contributed by atoms with Gasteiger partial charge in [0.2, 0.25) is 0 Å². The molecular formula is C20H23N3O2. The molecule has 0 bridgehead atoms. The number of amides is 1. The fraction of sp³-hybridized carbons (Fsp3) is 0.400. The molecule has 2 aliphatic rings. The first kappa shape index (κ1) is 16.1. The summed E-state index contributed by atoms with van der Waals surface area (Å²) in [7, 11) is 0. The van der Waals surface area contributed by atoms with Gasteiger partial charge in [-0.3, -0.25) is 14.5 Å². The number of nitrogens with zero attached hydrogens (tertiary/aromatic N) is 1. The molecule has 130 valence electrons. The Labute approximate surface area is 147 Å². The Morgan fingerprint density at radius 2 is 1.88 bits per heavy atom. The molecule has 25 heavy (non-hydrogen) atoms. The smallest absolute Gasteiger partial charge is 0.260 e. The number of benzene rings is 1. The topological polar surface area (TPSA) is 65.2 Å². The number of pyridine rings is 1. The van der Waals surface area contributed by atoms with Crippen molar-refractivity contribution >= 4 is 5.91 Å². The number of nitrogens with one attached hydrogen (secondary N) is 2. The van der Waals surface area contributed by atoms with Crippen LogP contribution in [0.1, 0.15) is 34.3 Å². The molecule has 2 heterocycles. The summed E-state index contributed by atoms with van der Waals surface area (Å²) in [5, 5.41) is 3.05. The predicted octanol–water partition coefficient (Wildman–Crippen LogP) is 1.74. The van der Waals surface area contributed by atoms with Crippen LogP contribution in [-0.4, -0.2) is 41.0 Å². The van der Waals surface area contributed by atoms with E-state index in [4.69, 9.17) is 0 Å². The van der Waals surface area contributed by atoms with Crippen molar-refractivity contribution in [3.05, 3.63) is 69.6 Å². The van der Waals surface area contributed by atoms with Crippen LogP contribution in [0.4, 0.5) is 0 Å². The van der Waals surface area contributed by atoms with E-state index < -0.39 is 0 Å². The summed E-state index contributed by atoms with van der Waals surface area (Å²) in [5.41, 5.74) is 2.76. The number of carbonyl (C=O) groups is 1. The van der Waals surface area contributed by atoms with E-state index in [1.54, 1.807) is 18.3 Å². The maximum absolute atomic E-state index is 12.4. The normalized spacial score (nSPS) is 21.0. The van der Waals surface area contributed by atoms with Crippen LogP contribution in [0.2, 0.25) is 0 Å². The van der Waals surface area contributed by atoms with Crippen LogP contribution in [0.5, 0.6) is 0 Å². The first-order valence-electron chi connectivity index (χ1n) is 9.00. The molecule has 1 aliphatic carbocycles. The maximum atomic E-state index is 12.4. The third kappa shape index (κ3) is 3.37. The van der Waals surface area contributed by atoms with Gasteiger partial charge in [0.25, 0.3) is 11.5 Å². The van der Waals surface area contributed by atoms with Crippen molar-refractivity contribution < 1.29 is 4.79 Å². The number of aromatic amines is 1. The Morgan fingerprint density at radius 1 is 1.12 bits per heavy atom. The van der Waals surface area contributed by atoms with Crippen molar-refractivity contribution in [2.75, 3.05) is 13.1 Å². The number of aromatic nitrogens is 1. The summed E-state index contributed by atoms with van der Waals surface area (Å²) in [4.78, 5) is 29.2. The zero-order valence-electron chi connectivity index (χ0n) is 14.2. The van der Waals surface area contributed by atoms with Gasteiger partial charge in [-0.25, -0.2) is 0 Å². The van der Waals surface area contributed by atoms with E-state index >= 15 is 0 Å². The lowest BCUT2D eigenvalue weighted by molar-refractivity contribution is 0.0875. The Morgan fingerprint density at radius 3 is 2.60 bits per heavy atom. The van der Waals surface area contributed by atoms with Crippen LogP contribution in [0, 0.1) is 0 Å². The van der Waals surface area contributed by atoms with Gasteiger partial charge >= 0.3 is 0 Å². The van der Waals surface area contributed by atoms with Crippen LogP contribution in [0.15, 0.2) is 47.4 Å². The third-order valence-corrected chi connectivity index (χ3v) is 5.40. The van der Waals surface area contributed by atoms with E-state index in [0.29, 0.717) is 6.04 Å². The molecule has 5 nitrogen and oxygen atoms in total. The molecule has 5 heteroatoms. The average Bonchev–Trinajstić information content (AvgIpc) is 3.06. The molecule has 2 aromatic rings. The number of H-pyrrole nitrogens is 1. The second-order valence-electron chi connectivity index (χ2n) is 7.05. The van der Waals surface area contributed by atoms with Crippen LogP contribution >= 0.6 is 0 Å². The lowest BCUT2D eigenvalue weighted by atomic mass is 10.0. The van der Waals surface area contributed by atoms with Gasteiger partial charge in [0.05, 0.1) is 0 Å². The quantitative estimate of drug-likeness (QED) is 0.897.